The number of anilines is 3. The third-order valence-corrected chi connectivity index (χ3v) is 7.25. The van der Waals surface area contributed by atoms with E-state index in [9.17, 15) is 0 Å². The number of morpholine rings is 1. The molecular formula is C26H32BrN5O2. The number of benzene rings is 2. The predicted molar refractivity (Wildman–Crippen MR) is 140 cm³/mol. The highest BCUT2D eigenvalue weighted by Crippen LogP contribution is 2.32. The van der Waals surface area contributed by atoms with Gasteiger partial charge < -0.3 is 24.6 Å². The first kappa shape index (κ1) is 23.3. The number of aromatic nitrogens is 2. The zero-order chi connectivity index (χ0) is 23.5. The lowest BCUT2D eigenvalue weighted by Crippen LogP contribution is -2.41. The quantitative estimate of drug-likeness (QED) is 0.472. The number of hydrogen-bond acceptors (Lipinski definition) is 7. The monoisotopic (exact) mass is 525 g/mol. The van der Waals surface area contributed by atoms with Crippen LogP contribution in [-0.4, -0.2) is 66.4 Å². The van der Waals surface area contributed by atoms with Crippen LogP contribution in [0.2, 0.25) is 0 Å². The van der Waals surface area contributed by atoms with Crippen molar-refractivity contribution in [2.24, 2.45) is 0 Å². The third-order valence-electron chi connectivity index (χ3n) is 6.63. The molecule has 0 unspecified atom stereocenters. The Morgan fingerprint density at radius 1 is 1.06 bits per heavy atom. The first-order valence-electron chi connectivity index (χ1n) is 12.1. The second-order valence-electron chi connectivity index (χ2n) is 9.25. The Hall–Kier alpha value is -2.42. The van der Waals surface area contributed by atoms with Gasteiger partial charge in [0.2, 0.25) is 5.95 Å². The van der Waals surface area contributed by atoms with Crippen molar-refractivity contribution in [1.29, 1.82) is 0 Å². The minimum Gasteiger partial charge on any atom is -0.489 e. The minimum absolute atomic E-state index is 0.230. The molecule has 2 aliphatic heterocycles. The molecule has 1 N–H and O–H groups in total. The molecule has 5 rings (SSSR count). The summed E-state index contributed by atoms with van der Waals surface area (Å²) in [6, 6.07) is 13.0. The van der Waals surface area contributed by atoms with Crippen LogP contribution in [0.1, 0.15) is 26.7 Å². The fourth-order valence-corrected chi connectivity index (χ4v) is 5.03. The van der Waals surface area contributed by atoms with E-state index >= 15 is 0 Å². The highest BCUT2D eigenvalue weighted by atomic mass is 79.9. The molecule has 0 radical (unpaired) electrons. The molecule has 0 saturated carbocycles. The van der Waals surface area contributed by atoms with Gasteiger partial charge in [0.15, 0.2) is 0 Å². The molecule has 0 aliphatic carbocycles. The number of nitrogens with zero attached hydrogens (tertiary/aromatic N) is 4. The molecule has 34 heavy (non-hydrogen) atoms. The van der Waals surface area contributed by atoms with Crippen LogP contribution in [0.4, 0.5) is 17.3 Å². The van der Waals surface area contributed by atoms with Crippen molar-refractivity contribution in [1.82, 2.24) is 14.9 Å². The maximum atomic E-state index is 6.38. The number of nitrogens with one attached hydrogen (secondary N) is 1. The lowest BCUT2D eigenvalue weighted by molar-refractivity contribution is 0.0839. The van der Waals surface area contributed by atoms with E-state index in [1.165, 1.54) is 5.69 Å². The summed E-state index contributed by atoms with van der Waals surface area (Å²) in [6.45, 7) is 10.1. The van der Waals surface area contributed by atoms with Crippen LogP contribution in [0.15, 0.2) is 47.1 Å². The third kappa shape index (κ3) is 5.45. The number of halogens is 1. The number of fused-ring (bicyclic) bond motifs is 1. The molecule has 2 fully saturated rings. The molecular weight excluding hydrogens is 494 g/mol. The Labute approximate surface area is 209 Å². The summed E-state index contributed by atoms with van der Waals surface area (Å²) in [5, 5.41) is 4.31. The molecule has 0 bridgehead atoms. The van der Waals surface area contributed by atoms with Crippen molar-refractivity contribution in [2.75, 3.05) is 49.6 Å². The Morgan fingerprint density at radius 3 is 2.50 bits per heavy atom. The summed E-state index contributed by atoms with van der Waals surface area (Å²) in [5.74, 6) is 1.42. The van der Waals surface area contributed by atoms with E-state index in [-0.39, 0.29) is 6.10 Å². The van der Waals surface area contributed by atoms with Gasteiger partial charge in [0.05, 0.1) is 23.2 Å². The Balaban J connectivity index is 1.27. The van der Waals surface area contributed by atoms with Gasteiger partial charge >= 0.3 is 0 Å². The van der Waals surface area contributed by atoms with Crippen molar-refractivity contribution in [3.05, 3.63) is 47.1 Å². The summed E-state index contributed by atoms with van der Waals surface area (Å²) in [7, 11) is 0. The van der Waals surface area contributed by atoms with Crippen molar-refractivity contribution in [2.45, 2.75) is 38.8 Å². The second-order valence-corrected chi connectivity index (χ2v) is 10.1. The predicted octanol–water partition coefficient (Wildman–Crippen LogP) is 5.22. The molecule has 2 saturated heterocycles. The average molecular weight is 526 g/mol. The standard InChI is InChI=1S/C26H32BrN5O2/c1-18(2)31-9-7-22(8-10-31)34-25-16-24-19(15-23(25)27)17-28-26(30-24)29-20-3-5-21(6-4-20)32-11-13-33-14-12-32/h3-6,15-18,22H,7-14H2,1-2H3,(H,28,29,30). The molecule has 180 valence electrons. The summed E-state index contributed by atoms with van der Waals surface area (Å²) >= 11 is 3.67. The largest absolute Gasteiger partial charge is 0.489 e. The highest BCUT2D eigenvalue weighted by molar-refractivity contribution is 9.10. The van der Waals surface area contributed by atoms with E-state index in [1.54, 1.807) is 0 Å². The van der Waals surface area contributed by atoms with Gasteiger partial charge in [-0.2, -0.15) is 0 Å². The van der Waals surface area contributed by atoms with Crippen LogP contribution < -0.4 is 15.0 Å². The van der Waals surface area contributed by atoms with Crippen molar-refractivity contribution < 1.29 is 9.47 Å². The highest BCUT2D eigenvalue weighted by Gasteiger charge is 2.23. The molecule has 2 aliphatic rings. The lowest BCUT2D eigenvalue weighted by Gasteiger charge is -2.34. The van der Waals surface area contributed by atoms with Crippen LogP contribution in [-0.2, 0) is 4.74 Å². The molecule has 7 nitrogen and oxygen atoms in total. The van der Waals surface area contributed by atoms with Crippen molar-refractivity contribution >= 4 is 44.2 Å². The molecule has 0 spiro atoms. The number of ether oxygens (including phenoxy) is 2. The van der Waals surface area contributed by atoms with Gasteiger partial charge in [0.25, 0.3) is 0 Å². The van der Waals surface area contributed by atoms with E-state index in [4.69, 9.17) is 14.5 Å². The van der Waals surface area contributed by atoms with Crippen LogP contribution in [0, 0.1) is 0 Å². The normalized spacial score (nSPS) is 17.9. The van der Waals surface area contributed by atoms with Crippen LogP contribution in [0.5, 0.6) is 5.75 Å². The maximum Gasteiger partial charge on any atom is 0.227 e. The summed E-state index contributed by atoms with van der Waals surface area (Å²) in [4.78, 5) is 14.1. The number of likely N-dealkylation sites (tertiary alicyclic amines) is 1. The molecule has 1 aromatic heterocycles. The Kier molecular flexibility index (Phi) is 7.18. The van der Waals surface area contributed by atoms with Gasteiger partial charge in [-0.25, -0.2) is 9.97 Å². The zero-order valence-electron chi connectivity index (χ0n) is 19.8. The van der Waals surface area contributed by atoms with Gasteiger partial charge in [-0.1, -0.05) is 0 Å². The van der Waals surface area contributed by atoms with Crippen molar-refractivity contribution in [3.63, 3.8) is 0 Å². The van der Waals surface area contributed by atoms with Crippen molar-refractivity contribution in [3.8, 4) is 5.75 Å². The number of rotatable bonds is 6. The summed E-state index contributed by atoms with van der Waals surface area (Å²) in [6.07, 6.45) is 4.16. The second kappa shape index (κ2) is 10.5. The summed E-state index contributed by atoms with van der Waals surface area (Å²) in [5.41, 5.74) is 3.03. The first-order valence-corrected chi connectivity index (χ1v) is 12.9. The first-order chi connectivity index (χ1) is 16.5. The van der Waals surface area contributed by atoms with E-state index < -0.39 is 0 Å². The zero-order valence-corrected chi connectivity index (χ0v) is 21.4. The Morgan fingerprint density at radius 2 is 1.79 bits per heavy atom. The Bertz CT molecular complexity index is 1110. The van der Waals surface area contributed by atoms with Gasteiger partial charge in [-0.05, 0) is 73.0 Å². The van der Waals surface area contributed by atoms with Gasteiger partial charge in [0, 0.05) is 61.2 Å². The minimum atomic E-state index is 0.230. The maximum absolute atomic E-state index is 6.38. The SMILES string of the molecule is CC(C)N1CCC(Oc2cc3nc(Nc4ccc(N5CCOCC5)cc4)ncc3cc2Br)CC1. The van der Waals surface area contributed by atoms with E-state index in [0.717, 1.165) is 79.0 Å². The van der Waals surface area contributed by atoms with E-state index in [1.807, 2.05) is 18.3 Å². The van der Waals surface area contributed by atoms with Crippen LogP contribution in [0.25, 0.3) is 10.9 Å². The van der Waals surface area contributed by atoms with Gasteiger partial charge in [-0.15, -0.1) is 0 Å². The van der Waals surface area contributed by atoms with E-state index in [2.05, 4.69) is 74.1 Å². The molecule has 2 aromatic carbocycles. The summed E-state index contributed by atoms with van der Waals surface area (Å²) < 4.78 is 12.8. The van der Waals surface area contributed by atoms with Gasteiger partial charge in [0.1, 0.15) is 11.9 Å². The molecule has 3 aromatic rings. The molecule has 0 atom stereocenters. The average Bonchev–Trinajstić information content (AvgIpc) is 2.86. The molecule has 0 amide bonds. The fourth-order valence-electron chi connectivity index (χ4n) is 4.58. The molecule has 3 heterocycles. The topological polar surface area (TPSA) is 62.8 Å². The smallest absolute Gasteiger partial charge is 0.227 e. The van der Waals surface area contributed by atoms with Crippen LogP contribution >= 0.6 is 15.9 Å². The van der Waals surface area contributed by atoms with E-state index in [0.29, 0.717) is 12.0 Å². The number of piperidine rings is 1. The lowest BCUT2D eigenvalue weighted by atomic mass is 10.1. The fraction of sp³-hybridized carbons (Fsp3) is 0.462. The van der Waals surface area contributed by atoms with Gasteiger partial charge in [-0.3, -0.25) is 0 Å². The number of hydrogen-bond donors (Lipinski definition) is 1. The molecule has 8 heteroatoms. The van der Waals surface area contributed by atoms with Crippen LogP contribution in [0.3, 0.4) is 0 Å².